The van der Waals surface area contributed by atoms with E-state index in [9.17, 15) is 9.18 Å². The molecule has 0 bridgehead atoms. The second-order valence-electron chi connectivity index (χ2n) is 6.31. The Kier molecular flexibility index (Phi) is 5.21. The monoisotopic (exact) mass is 318 g/mol. The maximum atomic E-state index is 14.0. The van der Waals surface area contributed by atoms with Crippen molar-refractivity contribution in [1.82, 2.24) is 10.2 Å². The standard InChI is InChI=1S/C18H23FN2O2/c1-18(2,13-8-5-6-9-14(13)19)17(22)20-12-15(21(3)4)16-10-7-11-23-16/h5-11,15H,12H2,1-4H3,(H,20,22). The Balaban J connectivity index is 2.10. The minimum absolute atomic E-state index is 0.0784. The molecule has 2 rings (SSSR count). The van der Waals surface area contributed by atoms with Crippen molar-refractivity contribution in [2.45, 2.75) is 25.3 Å². The third-order valence-electron chi connectivity index (χ3n) is 4.07. The van der Waals surface area contributed by atoms with Gasteiger partial charge in [0, 0.05) is 12.1 Å². The molecule has 0 fully saturated rings. The molecule has 1 aromatic carbocycles. The number of hydrogen-bond donors (Lipinski definition) is 1. The van der Waals surface area contributed by atoms with Crippen LogP contribution in [0.4, 0.5) is 4.39 Å². The highest BCUT2D eigenvalue weighted by molar-refractivity contribution is 5.87. The van der Waals surface area contributed by atoms with Gasteiger partial charge in [0.1, 0.15) is 11.6 Å². The molecule has 4 nitrogen and oxygen atoms in total. The van der Waals surface area contributed by atoms with Crippen molar-refractivity contribution < 1.29 is 13.6 Å². The first-order chi connectivity index (χ1) is 10.8. The molecule has 0 aliphatic carbocycles. The van der Waals surface area contributed by atoms with Crippen molar-refractivity contribution in [3.63, 3.8) is 0 Å². The van der Waals surface area contributed by atoms with E-state index in [1.165, 1.54) is 6.07 Å². The molecule has 1 heterocycles. The van der Waals surface area contributed by atoms with Gasteiger partial charge in [0.2, 0.25) is 5.91 Å². The van der Waals surface area contributed by atoms with E-state index in [0.717, 1.165) is 5.76 Å². The minimum atomic E-state index is -0.953. The Hall–Kier alpha value is -2.14. The second-order valence-corrected chi connectivity index (χ2v) is 6.31. The van der Waals surface area contributed by atoms with Crippen LogP contribution in [-0.4, -0.2) is 31.4 Å². The lowest BCUT2D eigenvalue weighted by molar-refractivity contribution is -0.126. The van der Waals surface area contributed by atoms with Crippen LogP contribution < -0.4 is 5.32 Å². The van der Waals surface area contributed by atoms with Gasteiger partial charge in [-0.1, -0.05) is 18.2 Å². The maximum Gasteiger partial charge on any atom is 0.230 e. The van der Waals surface area contributed by atoms with E-state index in [1.54, 1.807) is 38.3 Å². The van der Waals surface area contributed by atoms with E-state index in [2.05, 4.69) is 5.32 Å². The summed E-state index contributed by atoms with van der Waals surface area (Å²) in [5, 5.41) is 2.91. The van der Waals surface area contributed by atoms with Gasteiger partial charge >= 0.3 is 0 Å². The average Bonchev–Trinajstić information content (AvgIpc) is 3.01. The molecular weight excluding hydrogens is 295 g/mol. The first-order valence-electron chi connectivity index (χ1n) is 7.57. The van der Waals surface area contributed by atoms with Crippen LogP contribution >= 0.6 is 0 Å². The van der Waals surface area contributed by atoms with E-state index in [1.807, 2.05) is 31.1 Å². The van der Waals surface area contributed by atoms with Crippen molar-refractivity contribution in [3.8, 4) is 0 Å². The fourth-order valence-electron chi connectivity index (χ4n) is 2.52. The molecule has 1 amide bonds. The number of nitrogens with zero attached hydrogens (tertiary/aromatic N) is 1. The van der Waals surface area contributed by atoms with Gasteiger partial charge in [-0.05, 0) is 46.1 Å². The molecule has 2 aromatic rings. The van der Waals surface area contributed by atoms with Crippen LogP contribution in [-0.2, 0) is 10.2 Å². The zero-order chi connectivity index (χ0) is 17.0. The van der Waals surface area contributed by atoms with Crippen molar-refractivity contribution in [1.29, 1.82) is 0 Å². The molecule has 0 spiro atoms. The zero-order valence-corrected chi connectivity index (χ0v) is 14.0. The van der Waals surface area contributed by atoms with E-state index in [0.29, 0.717) is 12.1 Å². The predicted octanol–water partition coefficient (Wildman–Crippen LogP) is 3.12. The van der Waals surface area contributed by atoms with Crippen molar-refractivity contribution in [2.75, 3.05) is 20.6 Å². The lowest BCUT2D eigenvalue weighted by atomic mass is 9.83. The van der Waals surface area contributed by atoms with Crippen LogP contribution in [0.1, 0.15) is 31.2 Å². The summed E-state index contributed by atoms with van der Waals surface area (Å²) in [4.78, 5) is 14.6. The number of benzene rings is 1. The summed E-state index contributed by atoms with van der Waals surface area (Å²) in [5.41, 5.74) is -0.567. The van der Waals surface area contributed by atoms with Crippen LogP contribution in [0.2, 0.25) is 0 Å². The topological polar surface area (TPSA) is 45.5 Å². The lowest BCUT2D eigenvalue weighted by Gasteiger charge is -2.28. The summed E-state index contributed by atoms with van der Waals surface area (Å²) in [6.07, 6.45) is 1.61. The van der Waals surface area contributed by atoms with E-state index < -0.39 is 5.41 Å². The predicted molar refractivity (Wildman–Crippen MR) is 87.6 cm³/mol. The molecule has 1 unspecified atom stereocenters. The molecule has 0 aliphatic heterocycles. The number of carbonyl (C=O) groups excluding carboxylic acids is 1. The number of likely N-dealkylation sites (N-methyl/N-ethyl adjacent to an activating group) is 1. The summed E-state index contributed by atoms with van der Waals surface area (Å²) >= 11 is 0. The quantitative estimate of drug-likeness (QED) is 0.890. The first kappa shape index (κ1) is 17.2. The Morgan fingerprint density at radius 3 is 2.52 bits per heavy atom. The number of halogens is 1. The number of amides is 1. The van der Waals surface area contributed by atoms with E-state index >= 15 is 0 Å². The SMILES string of the molecule is CN(C)C(CNC(=O)C(C)(C)c1ccccc1F)c1ccco1. The fourth-order valence-corrected chi connectivity index (χ4v) is 2.52. The Morgan fingerprint density at radius 1 is 1.26 bits per heavy atom. The molecule has 23 heavy (non-hydrogen) atoms. The van der Waals surface area contributed by atoms with Crippen LogP contribution in [0.15, 0.2) is 47.1 Å². The highest BCUT2D eigenvalue weighted by Crippen LogP contribution is 2.26. The van der Waals surface area contributed by atoms with Gasteiger partial charge in [-0.3, -0.25) is 9.69 Å². The summed E-state index contributed by atoms with van der Waals surface area (Å²) in [7, 11) is 3.84. The van der Waals surface area contributed by atoms with Crippen LogP contribution in [0, 0.1) is 5.82 Å². The average molecular weight is 318 g/mol. The van der Waals surface area contributed by atoms with Gasteiger partial charge in [0.05, 0.1) is 17.7 Å². The fraction of sp³-hybridized carbons (Fsp3) is 0.389. The number of hydrogen-bond acceptors (Lipinski definition) is 3. The van der Waals surface area contributed by atoms with Crippen molar-refractivity contribution >= 4 is 5.91 Å². The van der Waals surface area contributed by atoms with Crippen LogP contribution in [0.3, 0.4) is 0 Å². The van der Waals surface area contributed by atoms with Gasteiger partial charge < -0.3 is 9.73 Å². The molecule has 0 saturated carbocycles. The van der Waals surface area contributed by atoms with E-state index in [4.69, 9.17) is 4.42 Å². The third kappa shape index (κ3) is 3.79. The molecule has 1 N–H and O–H groups in total. The Labute approximate surface area is 136 Å². The summed E-state index contributed by atoms with van der Waals surface area (Å²) in [6, 6.07) is 9.98. The normalized spacial score (nSPS) is 13.1. The highest BCUT2D eigenvalue weighted by atomic mass is 19.1. The van der Waals surface area contributed by atoms with Gasteiger partial charge in [0.25, 0.3) is 0 Å². The van der Waals surface area contributed by atoms with Gasteiger partial charge in [-0.25, -0.2) is 4.39 Å². The molecular formula is C18H23FN2O2. The van der Waals surface area contributed by atoms with Crippen LogP contribution in [0.25, 0.3) is 0 Å². The molecule has 124 valence electrons. The Morgan fingerprint density at radius 2 is 1.96 bits per heavy atom. The lowest BCUT2D eigenvalue weighted by Crippen LogP contribution is -2.43. The van der Waals surface area contributed by atoms with E-state index in [-0.39, 0.29) is 17.8 Å². The highest BCUT2D eigenvalue weighted by Gasteiger charge is 2.32. The van der Waals surface area contributed by atoms with Crippen molar-refractivity contribution in [3.05, 3.63) is 59.8 Å². The molecule has 0 saturated heterocycles. The van der Waals surface area contributed by atoms with Gasteiger partial charge in [-0.15, -0.1) is 0 Å². The number of furan rings is 1. The largest absolute Gasteiger partial charge is 0.468 e. The summed E-state index contributed by atoms with van der Waals surface area (Å²) in [5.74, 6) is 0.183. The molecule has 0 aliphatic rings. The minimum Gasteiger partial charge on any atom is -0.468 e. The van der Waals surface area contributed by atoms with Crippen molar-refractivity contribution in [2.24, 2.45) is 0 Å². The molecule has 5 heteroatoms. The molecule has 1 aromatic heterocycles. The number of nitrogens with one attached hydrogen (secondary N) is 1. The zero-order valence-electron chi connectivity index (χ0n) is 14.0. The number of carbonyl (C=O) groups is 1. The smallest absolute Gasteiger partial charge is 0.230 e. The summed E-state index contributed by atoms with van der Waals surface area (Å²) in [6.45, 7) is 3.83. The number of rotatable bonds is 6. The first-order valence-corrected chi connectivity index (χ1v) is 7.57. The van der Waals surface area contributed by atoms with Gasteiger partial charge in [-0.2, -0.15) is 0 Å². The van der Waals surface area contributed by atoms with Gasteiger partial charge in [0.15, 0.2) is 0 Å². The molecule has 0 radical (unpaired) electrons. The summed E-state index contributed by atoms with van der Waals surface area (Å²) < 4.78 is 19.4. The third-order valence-corrected chi connectivity index (χ3v) is 4.07. The maximum absolute atomic E-state index is 14.0. The van der Waals surface area contributed by atoms with Crippen LogP contribution in [0.5, 0.6) is 0 Å². The Bertz CT molecular complexity index is 651. The second kappa shape index (κ2) is 6.96. The molecule has 1 atom stereocenters.